The fourth-order valence-electron chi connectivity index (χ4n) is 2.27. The standard InChI is InChI=1S/C9H17NO/c1-8(2)7-10-9(8)3-5-11-6-4-9/h10H,3-7H2,1-2H3. The van der Waals surface area contributed by atoms with Gasteiger partial charge in [-0.05, 0) is 18.3 Å². The summed E-state index contributed by atoms with van der Waals surface area (Å²) in [6.45, 7) is 7.77. The molecule has 0 bridgehead atoms. The van der Waals surface area contributed by atoms with Gasteiger partial charge in [0.15, 0.2) is 0 Å². The van der Waals surface area contributed by atoms with Crippen LogP contribution in [-0.2, 0) is 4.74 Å². The van der Waals surface area contributed by atoms with Crippen molar-refractivity contribution >= 4 is 0 Å². The van der Waals surface area contributed by atoms with E-state index in [0.717, 1.165) is 13.2 Å². The van der Waals surface area contributed by atoms with E-state index in [9.17, 15) is 0 Å². The highest BCUT2D eigenvalue weighted by molar-refractivity contribution is 5.10. The van der Waals surface area contributed by atoms with E-state index in [-0.39, 0.29) is 0 Å². The topological polar surface area (TPSA) is 21.3 Å². The van der Waals surface area contributed by atoms with Gasteiger partial charge in [-0.3, -0.25) is 0 Å². The van der Waals surface area contributed by atoms with Gasteiger partial charge in [-0.15, -0.1) is 0 Å². The van der Waals surface area contributed by atoms with E-state index >= 15 is 0 Å². The summed E-state index contributed by atoms with van der Waals surface area (Å²) in [5, 5.41) is 3.57. The molecule has 2 heterocycles. The Balaban J connectivity index is 2.09. The van der Waals surface area contributed by atoms with E-state index in [1.54, 1.807) is 0 Å². The summed E-state index contributed by atoms with van der Waals surface area (Å²) in [6, 6.07) is 0. The number of nitrogens with one attached hydrogen (secondary N) is 1. The Morgan fingerprint density at radius 2 is 1.82 bits per heavy atom. The van der Waals surface area contributed by atoms with Crippen LogP contribution in [0.3, 0.4) is 0 Å². The lowest BCUT2D eigenvalue weighted by atomic mass is 9.61. The summed E-state index contributed by atoms with van der Waals surface area (Å²) in [5.41, 5.74) is 0.919. The number of rotatable bonds is 0. The summed E-state index contributed by atoms with van der Waals surface area (Å²) in [6.07, 6.45) is 2.39. The van der Waals surface area contributed by atoms with Gasteiger partial charge in [0.05, 0.1) is 0 Å². The maximum atomic E-state index is 5.35. The molecule has 2 aliphatic rings. The van der Waals surface area contributed by atoms with Gasteiger partial charge in [-0.2, -0.15) is 0 Å². The second-order valence-electron chi connectivity index (χ2n) is 4.43. The van der Waals surface area contributed by atoms with Gasteiger partial charge in [0.1, 0.15) is 0 Å². The zero-order valence-corrected chi connectivity index (χ0v) is 7.44. The summed E-state index contributed by atoms with van der Waals surface area (Å²) in [7, 11) is 0. The molecule has 2 fully saturated rings. The monoisotopic (exact) mass is 155 g/mol. The fourth-order valence-corrected chi connectivity index (χ4v) is 2.27. The average molecular weight is 155 g/mol. The first kappa shape index (κ1) is 7.56. The second-order valence-corrected chi connectivity index (χ2v) is 4.43. The third-order valence-electron chi connectivity index (χ3n) is 3.51. The molecule has 2 aliphatic heterocycles. The molecule has 64 valence electrons. The average Bonchev–Trinajstić information content (AvgIpc) is 2.04. The third-order valence-corrected chi connectivity index (χ3v) is 3.51. The Morgan fingerprint density at radius 3 is 2.09 bits per heavy atom. The van der Waals surface area contributed by atoms with E-state index in [1.165, 1.54) is 19.4 Å². The molecule has 2 nitrogen and oxygen atoms in total. The van der Waals surface area contributed by atoms with Crippen LogP contribution in [0.2, 0.25) is 0 Å². The minimum absolute atomic E-state index is 0.422. The van der Waals surface area contributed by atoms with E-state index in [1.807, 2.05) is 0 Å². The molecule has 0 aromatic carbocycles. The molecular weight excluding hydrogens is 138 g/mol. The first-order valence-corrected chi connectivity index (χ1v) is 4.49. The molecule has 0 unspecified atom stereocenters. The van der Waals surface area contributed by atoms with Gasteiger partial charge in [0.25, 0.3) is 0 Å². The van der Waals surface area contributed by atoms with Crippen molar-refractivity contribution in [2.75, 3.05) is 19.8 Å². The zero-order chi connectivity index (χ0) is 7.95. The Labute approximate surface area is 68.3 Å². The predicted molar refractivity (Wildman–Crippen MR) is 44.6 cm³/mol. The smallest absolute Gasteiger partial charge is 0.0483 e. The molecule has 1 N–H and O–H groups in total. The van der Waals surface area contributed by atoms with Crippen LogP contribution in [0.25, 0.3) is 0 Å². The van der Waals surface area contributed by atoms with Gasteiger partial charge in [0.2, 0.25) is 0 Å². The summed E-state index contributed by atoms with van der Waals surface area (Å²) >= 11 is 0. The third kappa shape index (κ3) is 0.926. The van der Waals surface area contributed by atoms with E-state index in [2.05, 4.69) is 19.2 Å². The van der Waals surface area contributed by atoms with E-state index in [4.69, 9.17) is 4.74 Å². The molecule has 0 saturated carbocycles. The van der Waals surface area contributed by atoms with Crippen molar-refractivity contribution in [1.29, 1.82) is 0 Å². The van der Waals surface area contributed by atoms with Crippen molar-refractivity contribution in [3.63, 3.8) is 0 Å². The first-order chi connectivity index (χ1) is 5.16. The molecule has 2 saturated heterocycles. The predicted octanol–water partition coefficient (Wildman–Crippen LogP) is 1.17. The highest BCUT2D eigenvalue weighted by atomic mass is 16.5. The zero-order valence-electron chi connectivity index (χ0n) is 7.44. The van der Waals surface area contributed by atoms with Crippen LogP contribution in [0.15, 0.2) is 0 Å². The Hall–Kier alpha value is -0.0800. The maximum absolute atomic E-state index is 5.35. The molecule has 0 atom stereocenters. The Bertz CT molecular complexity index is 159. The number of hydrogen-bond donors (Lipinski definition) is 1. The molecule has 0 aromatic rings. The molecule has 0 radical (unpaired) electrons. The molecule has 2 heteroatoms. The Morgan fingerprint density at radius 1 is 1.18 bits per heavy atom. The lowest BCUT2D eigenvalue weighted by Crippen LogP contribution is -2.72. The highest BCUT2D eigenvalue weighted by Crippen LogP contribution is 2.44. The van der Waals surface area contributed by atoms with Gasteiger partial charge >= 0.3 is 0 Å². The van der Waals surface area contributed by atoms with Crippen LogP contribution in [0, 0.1) is 5.41 Å². The Kier molecular flexibility index (Phi) is 1.52. The minimum Gasteiger partial charge on any atom is -0.381 e. The van der Waals surface area contributed by atoms with Crippen LogP contribution in [0.5, 0.6) is 0 Å². The lowest BCUT2D eigenvalue weighted by Gasteiger charge is -2.59. The van der Waals surface area contributed by atoms with Crippen molar-refractivity contribution in [2.45, 2.75) is 32.2 Å². The summed E-state index contributed by atoms with van der Waals surface area (Å²) < 4.78 is 5.35. The molecule has 2 rings (SSSR count). The van der Waals surface area contributed by atoms with E-state index in [0.29, 0.717) is 11.0 Å². The van der Waals surface area contributed by atoms with Crippen LogP contribution in [-0.4, -0.2) is 25.3 Å². The van der Waals surface area contributed by atoms with Crippen molar-refractivity contribution in [1.82, 2.24) is 5.32 Å². The van der Waals surface area contributed by atoms with Crippen molar-refractivity contribution in [3.8, 4) is 0 Å². The minimum atomic E-state index is 0.422. The van der Waals surface area contributed by atoms with E-state index < -0.39 is 0 Å². The van der Waals surface area contributed by atoms with Crippen LogP contribution in [0.1, 0.15) is 26.7 Å². The second kappa shape index (κ2) is 2.20. The number of hydrogen-bond acceptors (Lipinski definition) is 2. The molecule has 0 amide bonds. The summed E-state index contributed by atoms with van der Waals surface area (Å²) in [4.78, 5) is 0. The molecule has 1 spiro atoms. The number of ether oxygens (including phenoxy) is 1. The van der Waals surface area contributed by atoms with Crippen molar-refractivity contribution in [2.24, 2.45) is 5.41 Å². The van der Waals surface area contributed by atoms with Gasteiger partial charge in [-0.25, -0.2) is 0 Å². The normalized spacial score (nSPS) is 33.3. The molecular formula is C9H17NO. The van der Waals surface area contributed by atoms with Crippen LogP contribution in [0.4, 0.5) is 0 Å². The quantitative estimate of drug-likeness (QED) is 0.567. The fraction of sp³-hybridized carbons (Fsp3) is 1.00. The van der Waals surface area contributed by atoms with Gasteiger partial charge in [0, 0.05) is 25.3 Å². The first-order valence-electron chi connectivity index (χ1n) is 4.49. The van der Waals surface area contributed by atoms with Crippen molar-refractivity contribution < 1.29 is 4.74 Å². The van der Waals surface area contributed by atoms with Gasteiger partial charge in [-0.1, -0.05) is 13.8 Å². The van der Waals surface area contributed by atoms with Crippen LogP contribution >= 0.6 is 0 Å². The summed E-state index contributed by atoms with van der Waals surface area (Å²) in [5.74, 6) is 0. The van der Waals surface area contributed by atoms with Gasteiger partial charge < -0.3 is 10.1 Å². The molecule has 0 aliphatic carbocycles. The lowest BCUT2D eigenvalue weighted by molar-refractivity contribution is -0.0718. The molecule has 11 heavy (non-hydrogen) atoms. The molecule has 0 aromatic heterocycles. The SMILES string of the molecule is CC1(C)CNC12CCOCC2. The van der Waals surface area contributed by atoms with Crippen LogP contribution < -0.4 is 5.32 Å². The van der Waals surface area contributed by atoms with Crippen molar-refractivity contribution in [3.05, 3.63) is 0 Å². The largest absolute Gasteiger partial charge is 0.381 e. The highest BCUT2D eigenvalue weighted by Gasteiger charge is 2.52. The maximum Gasteiger partial charge on any atom is 0.0483 e.